The number of pyridine rings is 1. The molecule has 2 atom stereocenters. The number of aromatic nitrogens is 1. The number of carbonyl (C=O) groups is 1. The van der Waals surface area contributed by atoms with Gasteiger partial charge in [0.2, 0.25) is 0 Å². The minimum absolute atomic E-state index is 0.0652. The summed E-state index contributed by atoms with van der Waals surface area (Å²) in [5, 5.41) is 22.3. The van der Waals surface area contributed by atoms with Gasteiger partial charge in [-0.05, 0) is 30.7 Å². The van der Waals surface area contributed by atoms with Crippen molar-refractivity contribution in [2.45, 2.75) is 18.6 Å². The number of nitriles is 1. The number of aliphatic hydroxyl groups is 1. The Bertz CT molecular complexity index is 740. The van der Waals surface area contributed by atoms with Gasteiger partial charge in [0.1, 0.15) is 11.9 Å². The molecule has 0 bridgehead atoms. The molecule has 2 N–H and O–H groups in total. The number of β-amino-alcohol motifs (C(OH)–C–C–N with tert-alkyl or cyclic N) is 1. The number of benzene rings is 1. The monoisotopic (exact) mass is 322 g/mol. The van der Waals surface area contributed by atoms with Crippen molar-refractivity contribution in [3.63, 3.8) is 0 Å². The summed E-state index contributed by atoms with van der Waals surface area (Å²) in [4.78, 5) is 18.3. The number of carbonyl (C=O) groups excluding carboxylic acids is 1. The number of nitrogens with zero attached hydrogens (tertiary/aromatic N) is 3. The van der Waals surface area contributed by atoms with Crippen LogP contribution in [0.2, 0.25) is 0 Å². The van der Waals surface area contributed by atoms with Crippen molar-refractivity contribution in [1.82, 2.24) is 9.88 Å². The van der Waals surface area contributed by atoms with E-state index in [1.165, 1.54) is 6.20 Å². The molecular formula is C18H18N4O2. The second-order valence-corrected chi connectivity index (χ2v) is 5.77. The number of nitrogens with one attached hydrogen (secondary N) is 1. The van der Waals surface area contributed by atoms with Gasteiger partial charge < -0.3 is 15.3 Å². The van der Waals surface area contributed by atoms with E-state index in [0.717, 1.165) is 0 Å². The first kappa shape index (κ1) is 16.0. The second-order valence-electron chi connectivity index (χ2n) is 5.77. The third kappa shape index (κ3) is 3.53. The van der Waals surface area contributed by atoms with Crippen LogP contribution in [0.3, 0.4) is 0 Å². The van der Waals surface area contributed by atoms with Crippen LogP contribution in [0, 0.1) is 11.3 Å². The van der Waals surface area contributed by atoms with Gasteiger partial charge in [-0.1, -0.05) is 18.2 Å². The minimum Gasteiger partial charge on any atom is -0.389 e. The first-order valence-electron chi connectivity index (χ1n) is 7.82. The van der Waals surface area contributed by atoms with Crippen LogP contribution in [0.4, 0.5) is 5.82 Å². The molecule has 6 heteroatoms. The summed E-state index contributed by atoms with van der Waals surface area (Å²) in [7, 11) is 0. The van der Waals surface area contributed by atoms with E-state index in [9.17, 15) is 9.90 Å². The predicted octanol–water partition coefficient (Wildman–Crippen LogP) is 1.64. The van der Waals surface area contributed by atoms with Crippen molar-refractivity contribution in [1.29, 1.82) is 5.26 Å². The van der Waals surface area contributed by atoms with Gasteiger partial charge in [-0.2, -0.15) is 5.26 Å². The molecule has 3 rings (SSSR count). The SMILES string of the molecule is N#Cc1ccc(N[C@@H]2CCN(C(=O)c3ccccc3)C[C@H]2O)nc1. The Morgan fingerprint density at radius 2 is 2.08 bits per heavy atom. The second kappa shape index (κ2) is 7.11. The molecule has 2 heterocycles. The molecule has 0 aliphatic carbocycles. The van der Waals surface area contributed by atoms with E-state index >= 15 is 0 Å². The van der Waals surface area contributed by atoms with Gasteiger partial charge in [0, 0.05) is 24.8 Å². The molecule has 0 radical (unpaired) electrons. The van der Waals surface area contributed by atoms with Crippen molar-refractivity contribution in [2.24, 2.45) is 0 Å². The van der Waals surface area contributed by atoms with Gasteiger partial charge in [0.25, 0.3) is 5.91 Å². The maximum absolute atomic E-state index is 12.4. The molecule has 1 fully saturated rings. The quantitative estimate of drug-likeness (QED) is 0.897. The number of aliphatic hydroxyl groups excluding tert-OH is 1. The van der Waals surface area contributed by atoms with Crippen molar-refractivity contribution in [2.75, 3.05) is 18.4 Å². The summed E-state index contributed by atoms with van der Waals surface area (Å²) in [6.45, 7) is 0.848. The van der Waals surface area contributed by atoms with E-state index in [1.807, 2.05) is 24.3 Å². The average Bonchev–Trinajstić information content (AvgIpc) is 2.64. The van der Waals surface area contributed by atoms with Gasteiger partial charge in [0.15, 0.2) is 0 Å². The van der Waals surface area contributed by atoms with Crippen LogP contribution in [0.1, 0.15) is 22.3 Å². The van der Waals surface area contributed by atoms with Gasteiger partial charge in [-0.25, -0.2) is 4.98 Å². The average molecular weight is 322 g/mol. The lowest BCUT2D eigenvalue weighted by Crippen LogP contribution is -2.51. The standard InChI is InChI=1S/C18H18N4O2/c19-10-13-6-7-17(20-11-13)21-15-8-9-22(12-16(15)23)18(24)14-4-2-1-3-5-14/h1-7,11,15-16,23H,8-9,12H2,(H,20,21)/t15-,16-/m1/s1. The van der Waals surface area contributed by atoms with Crippen LogP contribution in [-0.2, 0) is 0 Å². The number of amides is 1. The van der Waals surface area contributed by atoms with Gasteiger partial charge in [0.05, 0.1) is 17.7 Å². The number of piperidine rings is 1. The van der Waals surface area contributed by atoms with Crippen molar-refractivity contribution < 1.29 is 9.90 Å². The Balaban J connectivity index is 1.61. The molecule has 24 heavy (non-hydrogen) atoms. The summed E-state index contributed by atoms with van der Waals surface area (Å²) in [5.74, 6) is 0.547. The molecule has 1 amide bonds. The fourth-order valence-electron chi connectivity index (χ4n) is 2.78. The molecule has 1 saturated heterocycles. The van der Waals surface area contributed by atoms with Gasteiger partial charge in [-0.3, -0.25) is 4.79 Å². The van der Waals surface area contributed by atoms with E-state index in [-0.39, 0.29) is 18.5 Å². The van der Waals surface area contributed by atoms with Gasteiger partial charge in [-0.15, -0.1) is 0 Å². The highest BCUT2D eigenvalue weighted by Gasteiger charge is 2.30. The van der Waals surface area contributed by atoms with Crippen LogP contribution in [-0.4, -0.2) is 46.1 Å². The third-order valence-electron chi connectivity index (χ3n) is 4.12. The minimum atomic E-state index is -0.677. The molecule has 0 unspecified atom stereocenters. The highest BCUT2D eigenvalue weighted by atomic mass is 16.3. The summed E-state index contributed by atoms with van der Waals surface area (Å²) in [6.07, 6.45) is 1.44. The normalized spacial score (nSPS) is 20.2. The lowest BCUT2D eigenvalue weighted by atomic mass is 10.0. The Kier molecular flexibility index (Phi) is 4.73. The summed E-state index contributed by atoms with van der Waals surface area (Å²) >= 11 is 0. The van der Waals surface area contributed by atoms with E-state index in [1.54, 1.807) is 29.2 Å². The zero-order valence-electron chi connectivity index (χ0n) is 13.1. The molecule has 0 saturated carbocycles. The molecule has 1 aromatic carbocycles. The summed E-state index contributed by atoms with van der Waals surface area (Å²) in [6, 6.07) is 14.3. The topological polar surface area (TPSA) is 89.2 Å². The van der Waals surface area contributed by atoms with Crippen LogP contribution < -0.4 is 5.32 Å². The van der Waals surface area contributed by atoms with Crippen molar-refractivity contribution >= 4 is 11.7 Å². The highest BCUT2D eigenvalue weighted by Crippen LogP contribution is 2.18. The van der Waals surface area contributed by atoms with E-state index in [2.05, 4.69) is 10.3 Å². The first-order valence-corrected chi connectivity index (χ1v) is 7.82. The van der Waals surface area contributed by atoms with E-state index in [4.69, 9.17) is 5.26 Å². The van der Waals surface area contributed by atoms with Crippen LogP contribution >= 0.6 is 0 Å². The predicted molar refractivity (Wildman–Crippen MR) is 89.3 cm³/mol. The molecule has 1 aromatic heterocycles. The smallest absolute Gasteiger partial charge is 0.253 e. The van der Waals surface area contributed by atoms with Crippen molar-refractivity contribution in [3.05, 3.63) is 59.8 Å². The van der Waals surface area contributed by atoms with Crippen LogP contribution in [0.5, 0.6) is 0 Å². The molecule has 1 aliphatic heterocycles. The van der Waals surface area contributed by atoms with E-state index in [0.29, 0.717) is 29.9 Å². The zero-order valence-corrected chi connectivity index (χ0v) is 13.1. The number of anilines is 1. The first-order chi connectivity index (χ1) is 11.7. The molecule has 1 aliphatic rings. The Morgan fingerprint density at radius 3 is 2.71 bits per heavy atom. The fraction of sp³-hybridized carbons (Fsp3) is 0.278. The Labute approximate surface area is 140 Å². The maximum Gasteiger partial charge on any atom is 0.253 e. The van der Waals surface area contributed by atoms with Gasteiger partial charge >= 0.3 is 0 Å². The molecule has 122 valence electrons. The maximum atomic E-state index is 12.4. The Hall–Kier alpha value is -2.91. The number of hydrogen-bond donors (Lipinski definition) is 2. The number of hydrogen-bond acceptors (Lipinski definition) is 5. The highest BCUT2D eigenvalue weighted by molar-refractivity contribution is 5.94. The zero-order chi connectivity index (χ0) is 16.9. The number of rotatable bonds is 3. The van der Waals surface area contributed by atoms with Crippen LogP contribution in [0.15, 0.2) is 48.7 Å². The largest absolute Gasteiger partial charge is 0.389 e. The lowest BCUT2D eigenvalue weighted by Gasteiger charge is -2.36. The Morgan fingerprint density at radius 1 is 1.29 bits per heavy atom. The molecular weight excluding hydrogens is 304 g/mol. The molecule has 2 aromatic rings. The molecule has 6 nitrogen and oxygen atoms in total. The molecule has 0 spiro atoms. The van der Waals surface area contributed by atoms with E-state index < -0.39 is 6.10 Å². The third-order valence-corrected chi connectivity index (χ3v) is 4.12. The summed E-state index contributed by atoms with van der Waals surface area (Å²) < 4.78 is 0. The van der Waals surface area contributed by atoms with Crippen molar-refractivity contribution in [3.8, 4) is 6.07 Å². The summed E-state index contributed by atoms with van der Waals surface area (Å²) in [5.41, 5.74) is 1.12. The van der Waals surface area contributed by atoms with Crippen LogP contribution in [0.25, 0.3) is 0 Å². The number of likely N-dealkylation sites (tertiary alicyclic amines) is 1. The lowest BCUT2D eigenvalue weighted by molar-refractivity contribution is 0.0426. The fourth-order valence-corrected chi connectivity index (χ4v) is 2.78.